The molecule has 1 aliphatic heterocycles. The number of imide groups is 1. The Bertz CT molecular complexity index is 660. The van der Waals surface area contributed by atoms with Gasteiger partial charge in [0, 0.05) is 6.07 Å². The molecule has 17 heavy (non-hydrogen) atoms. The van der Waals surface area contributed by atoms with E-state index in [1.165, 1.54) is 0 Å². The zero-order valence-corrected chi connectivity index (χ0v) is 9.28. The summed E-state index contributed by atoms with van der Waals surface area (Å²) < 4.78 is 5.16. The first-order valence-corrected chi connectivity index (χ1v) is 5.63. The number of nitrogens with zero attached hydrogens (tertiary/aromatic N) is 1. The summed E-state index contributed by atoms with van der Waals surface area (Å²) in [5.41, 5.74) is 2.02. The molecular weight excluding hydrogens is 240 g/mol. The number of hydrogen-bond donors (Lipinski definition) is 1. The first-order chi connectivity index (χ1) is 8.22. The molecule has 2 amide bonds. The van der Waals surface area contributed by atoms with Gasteiger partial charge in [0.1, 0.15) is 5.52 Å². The molecule has 5 nitrogen and oxygen atoms in total. The van der Waals surface area contributed by atoms with Crippen molar-refractivity contribution >= 4 is 40.1 Å². The van der Waals surface area contributed by atoms with Crippen LogP contribution in [0.3, 0.4) is 0 Å². The average molecular weight is 246 g/mol. The van der Waals surface area contributed by atoms with Gasteiger partial charge in [0.15, 0.2) is 5.58 Å². The number of nitrogens with one attached hydrogen (secondary N) is 1. The Hall–Kier alpha value is -2.08. The van der Waals surface area contributed by atoms with E-state index in [2.05, 4.69) is 10.3 Å². The first kappa shape index (κ1) is 10.1. The second-order valence-electron chi connectivity index (χ2n) is 3.39. The predicted octanol–water partition coefficient (Wildman–Crippen LogP) is 2.15. The molecule has 2 aromatic heterocycles. The Balaban J connectivity index is 2.01. The zero-order valence-electron chi connectivity index (χ0n) is 8.47. The number of thioether (sulfide) groups is 1. The topological polar surface area (TPSA) is 72.2 Å². The van der Waals surface area contributed by atoms with Crippen molar-refractivity contribution in [2.75, 3.05) is 0 Å². The second-order valence-corrected chi connectivity index (χ2v) is 4.41. The van der Waals surface area contributed by atoms with Crippen molar-refractivity contribution in [2.24, 2.45) is 0 Å². The molecule has 1 aliphatic rings. The zero-order chi connectivity index (χ0) is 11.8. The van der Waals surface area contributed by atoms with Crippen LogP contribution in [0.5, 0.6) is 0 Å². The van der Waals surface area contributed by atoms with Gasteiger partial charge in [-0.1, -0.05) is 0 Å². The van der Waals surface area contributed by atoms with Gasteiger partial charge in [-0.05, 0) is 30.0 Å². The minimum atomic E-state index is -0.380. The molecule has 84 valence electrons. The van der Waals surface area contributed by atoms with Crippen LogP contribution in [0.25, 0.3) is 17.2 Å². The summed E-state index contributed by atoms with van der Waals surface area (Å²) in [6.07, 6.45) is 3.13. The van der Waals surface area contributed by atoms with Gasteiger partial charge in [-0.3, -0.25) is 14.9 Å². The Morgan fingerprint density at radius 2 is 2.18 bits per heavy atom. The number of carbonyl (C=O) groups is 2. The maximum atomic E-state index is 11.3. The number of carbonyl (C=O) groups excluding carboxylic acids is 2. The van der Waals surface area contributed by atoms with Gasteiger partial charge in [-0.15, -0.1) is 0 Å². The van der Waals surface area contributed by atoms with E-state index in [-0.39, 0.29) is 11.1 Å². The number of amides is 2. The van der Waals surface area contributed by atoms with Gasteiger partial charge in [0.05, 0.1) is 16.9 Å². The normalized spacial score (nSPS) is 18.0. The van der Waals surface area contributed by atoms with E-state index in [9.17, 15) is 9.59 Å². The van der Waals surface area contributed by atoms with Crippen LogP contribution in [0.4, 0.5) is 4.79 Å². The van der Waals surface area contributed by atoms with Crippen LogP contribution in [-0.2, 0) is 4.79 Å². The fraction of sp³-hybridized carbons (Fsp3) is 0. The Kier molecular flexibility index (Phi) is 2.22. The number of furan rings is 1. The molecule has 3 heterocycles. The minimum absolute atomic E-state index is 0.352. The lowest BCUT2D eigenvalue weighted by Crippen LogP contribution is -2.17. The fourth-order valence-electron chi connectivity index (χ4n) is 1.50. The molecule has 0 aromatic carbocycles. The Morgan fingerprint density at radius 1 is 1.29 bits per heavy atom. The highest BCUT2D eigenvalue weighted by atomic mass is 32.2. The SMILES string of the molecule is O=C1NC(=O)/C(=C/c2ccc3occc3n2)S1. The van der Waals surface area contributed by atoms with Crippen molar-refractivity contribution in [1.82, 2.24) is 10.3 Å². The fourth-order valence-corrected chi connectivity index (χ4v) is 2.17. The lowest BCUT2D eigenvalue weighted by atomic mass is 10.3. The molecule has 1 N–H and O–H groups in total. The van der Waals surface area contributed by atoms with Gasteiger partial charge < -0.3 is 4.42 Å². The van der Waals surface area contributed by atoms with Gasteiger partial charge in [-0.25, -0.2) is 4.98 Å². The number of fused-ring (bicyclic) bond motifs is 1. The van der Waals surface area contributed by atoms with Crippen LogP contribution in [0.1, 0.15) is 5.69 Å². The highest BCUT2D eigenvalue weighted by Crippen LogP contribution is 2.25. The summed E-state index contributed by atoms with van der Waals surface area (Å²) >= 11 is 0.874. The van der Waals surface area contributed by atoms with Crippen molar-refractivity contribution in [3.05, 3.63) is 35.1 Å². The maximum Gasteiger partial charge on any atom is 0.290 e. The summed E-state index contributed by atoms with van der Waals surface area (Å²) in [5, 5.41) is 1.83. The quantitative estimate of drug-likeness (QED) is 0.780. The molecule has 3 rings (SSSR count). The van der Waals surface area contributed by atoms with Crippen LogP contribution in [0, 0.1) is 0 Å². The van der Waals surface area contributed by atoms with Crippen LogP contribution in [-0.4, -0.2) is 16.1 Å². The molecule has 6 heteroatoms. The van der Waals surface area contributed by atoms with E-state index in [0.717, 1.165) is 11.8 Å². The molecular formula is C11H6N2O3S. The molecule has 0 bridgehead atoms. The number of aromatic nitrogens is 1. The van der Waals surface area contributed by atoms with Gasteiger partial charge >= 0.3 is 0 Å². The molecule has 0 unspecified atom stereocenters. The van der Waals surface area contributed by atoms with Crippen LogP contribution in [0.2, 0.25) is 0 Å². The van der Waals surface area contributed by atoms with Crippen molar-refractivity contribution in [3.8, 4) is 0 Å². The highest BCUT2D eigenvalue weighted by Gasteiger charge is 2.25. The largest absolute Gasteiger partial charge is 0.463 e. The molecule has 0 aliphatic carbocycles. The lowest BCUT2D eigenvalue weighted by molar-refractivity contribution is -0.115. The molecule has 2 aromatic rings. The third kappa shape index (κ3) is 1.83. The molecule has 0 atom stereocenters. The van der Waals surface area contributed by atoms with E-state index >= 15 is 0 Å². The van der Waals surface area contributed by atoms with Gasteiger partial charge in [0.25, 0.3) is 11.1 Å². The summed E-state index contributed by atoms with van der Waals surface area (Å²) in [6, 6.07) is 5.24. The number of pyridine rings is 1. The van der Waals surface area contributed by atoms with E-state index in [0.29, 0.717) is 21.7 Å². The lowest BCUT2D eigenvalue weighted by Gasteiger charge is -1.94. The van der Waals surface area contributed by atoms with Crippen molar-refractivity contribution in [1.29, 1.82) is 0 Å². The standard InChI is InChI=1S/C11H6N2O3S/c14-10-9(17-11(15)13-10)5-6-1-2-8-7(12-6)3-4-16-8/h1-5H,(H,13,14,15)/b9-5-. The maximum absolute atomic E-state index is 11.3. The summed E-state index contributed by atoms with van der Waals surface area (Å²) in [6.45, 7) is 0. The summed E-state index contributed by atoms with van der Waals surface area (Å²) in [5.74, 6) is -0.380. The molecule has 1 saturated heterocycles. The van der Waals surface area contributed by atoms with Crippen molar-refractivity contribution < 1.29 is 14.0 Å². The van der Waals surface area contributed by atoms with Gasteiger partial charge in [-0.2, -0.15) is 0 Å². The van der Waals surface area contributed by atoms with Crippen molar-refractivity contribution in [3.63, 3.8) is 0 Å². The number of hydrogen-bond acceptors (Lipinski definition) is 5. The van der Waals surface area contributed by atoms with Crippen molar-refractivity contribution in [2.45, 2.75) is 0 Å². The summed E-state index contributed by atoms with van der Waals surface area (Å²) in [4.78, 5) is 27.0. The Morgan fingerprint density at radius 3 is 2.94 bits per heavy atom. The van der Waals surface area contributed by atoms with Crippen LogP contribution >= 0.6 is 11.8 Å². The van der Waals surface area contributed by atoms with E-state index < -0.39 is 0 Å². The van der Waals surface area contributed by atoms with Crippen LogP contribution < -0.4 is 5.32 Å². The van der Waals surface area contributed by atoms with E-state index in [1.807, 2.05) is 0 Å². The molecule has 0 radical (unpaired) electrons. The highest BCUT2D eigenvalue weighted by molar-refractivity contribution is 8.18. The second kappa shape index (κ2) is 3.74. The third-order valence-corrected chi connectivity index (χ3v) is 3.06. The van der Waals surface area contributed by atoms with Crippen LogP contribution in [0.15, 0.2) is 33.8 Å². The monoisotopic (exact) mass is 246 g/mol. The average Bonchev–Trinajstić information content (AvgIpc) is 2.85. The predicted molar refractivity (Wildman–Crippen MR) is 63.1 cm³/mol. The molecule has 0 spiro atoms. The molecule has 0 saturated carbocycles. The number of rotatable bonds is 1. The first-order valence-electron chi connectivity index (χ1n) is 4.81. The smallest absolute Gasteiger partial charge is 0.290 e. The Labute approximate surface area is 99.9 Å². The van der Waals surface area contributed by atoms with E-state index in [1.54, 1.807) is 30.5 Å². The van der Waals surface area contributed by atoms with E-state index in [4.69, 9.17) is 4.42 Å². The summed E-state index contributed by atoms with van der Waals surface area (Å²) in [7, 11) is 0. The molecule has 1 fully saturated rings. The van der Waals surface area contributed by atoms with Gasteiger partial charge in [0.2, 0.25) is 0 Å². The minimum Gasteiger partial charge on any atom is -0.463 e. The third-order valence-electron chi connectivity index (χ3n) is 2.25.